The van der Waals surface area contributed by atoms with Gasteiger partial charge in [0.05, 0.1) is 12.1 Å². The number of ether oxygens (including phenoxy) is 1. The lowest BCUT2D eigenvalue weighted by Crippen LogP contribution is -2.34. The molecule has 1 saturated heterocycles. The Labute approximate surface area is 129 Å². The van der Waals surface area contributed by atoms with Crippen LogP contribution in [0.3, 0.4) is 0 Å². The van der Waals surface area contributed by atoms with Crippen molar-refractivity contribution < 1.29 is 17.9 Å². The zero-order valence-corrected chi connectivity index (χ0v) is 13.1. The molecule has 0 spiro atoms. The molecule has 0 amide bonds. The van der Waals surface area contributed by atoms with Gasteiger partial charge in [-0.15, -0.1) is 13.2 Å². The van der Waals surface area contributed by atoms with Crippen molar-refractivity contribution >= 4 is 5.84 Å². The van der Waals surface area contributed by atoms with Gasteiger partial charge in [-0.3, -0.25) is 14.6 Å². The predicted molar refractivity (Wildman–Crippen MR) is 79.6 cm³/mol. The number of alkyl halides is 3. The van der Waals surface area contributed by atoms with Crippen molar-refractivity contribution in [3.8, 4) is 0 Å². The molecule has 0 aromatic carbocycles. The van der Waals surface area contributed by atoms with Crippen LogP contribution in [0, 0.1) is 0 Å². The first-order valence-electron chi connectivity index (χ1n) is 7.79. The van der Waals surface area contributed by atoms with Gasteiger partial charge in [-0.05, 0) is 50.8 Å². The molecule has 2 heterocycles. The first-order chi connectivity index (χ1) is 10.3. The van der Waals surface area contributed by atoms with Crippen molar-refractivity contribution in [3.05, 3.63) is 11.6 Å². The van der Waals surface area contributed by atoms with Crippen LogP contribution in [0.1, 0.15) is 39.5 Å². The summed E-state index contributed by atoms with van der Waals surface area (Å²) in [5, 5.41) is 0. The zero-order chi connectivity index (χ0) is 16.3. The van der Waals surface area contributed by atoms with Gasteiger partial charge in [0.15, 0.2) is 0 Å². The average Bonchev–Trinajstić information content (AvgIpc) is 2.77. The van der Waals surface area contributed by atoms with Crippen LogP contribution in [0.4, 0.5) is 13.2 Å². The summed E-state index contributed by atoms with van der Waals surface area (Å²) in [4.78, 5) is 6.40. The summed E-state index contributed by atoms with van der Waals surface area (Å²) in [5.41, 5.74) is 6.66. The molecular formula is C15H24F3N3O. The van der Waals surface area contributed by atoms with E-state index in [2.05, 4.69) is 21.6 Å². The minimum atomic E-state index is -4.65. The molecule has 22 heavy (non-hydrogen) atoms. The highest BCUT2D eigenvalue weighted by molar-refractivity contribution is 5.92. The maximum atomic E-state index is 12.6. The molecule has 2 rings (SSSR count). The molecule has 2 aliphatic rings. The zero-order valence-electron chi connectivity index (χ0n) is 13.1. The fraction of sp³-hybridized carbons (Fsp3) is 0.800. The Hall–Kier alpha value is -1.08. The lowest BCUT2D eigenvalue weighted by atomic mass is 10.0. The molecule has 0 aromatic rings. The van der Waals surface area contributed by atoms with Gasteiger partial charge in [-0.2, -0.15) is 0 Å². The first-order valence-corrected chi connectivity index (χ1v) is 7.79. The molecule has 1 unspecified atom stereocenters. The molecule has 0 bridgehead atoms. The van der Waals surface area contributed by atoms with Gasteiger partial charge < -0.3 is 5.73 Å². The summed E-state index contributed by atoms with van der Waals surface area (Å²) in [6, 6.07) is -0.113. The van der Waals surface area contributed by atoms with Crippen LogP contribution in [0.25, 0.3) is 0 Å². The number of amidine groups is 1. The number of nitrogens with two attached hydrogens (primary N) is 1. The number of hydrogen-bond acceptors (Lipinski definition) is 4. The first kappa shape index (κ1) is 17.3. The van der Waals surface area contributed by atoms with Crippen LogP contribution in [-0.2, 0) is 4.74 Å². The van der Waals surface area contributed by atoms with Crippen LogP contribution in [-0.4, -0.2) is 48.4 Å². The fourth-order valence-electron chi connectivity index (χ4n) is 3.30. The average molecular weight is 319 g/mol. The normalized spacial score (nSPS) is 30.9. The van der Waals surface area contributed by atoms with Crippen LogP contribution in [0.2, 0.25) is 0 Å². The van der Waals surface area contributed by atoms with Gasteiger partial charge in [-0.25, -0.2) is 0 Å². The topological polar surface area (TPSA) is 50.8 Å². The molecule has 2 aliphatic heterocycles. The Kier molecular flexibility index (Phi) is 5.50. The quantitative estimate of drug-likeness (QED) is 0.867. The van der Waals surface area contributed by atoms with E-state index in [9.17, 15) is 13.2 Å². The Balaban J connectivity index is 2.08. The number of hydrogen-bond donors (Lipinski definition) is 1. The third-order valence-electron chi connectivity index (χ3n) is 4.37. The Morgan fingerprint density at radius 2 is 2.18 bits per heavy atom. The van der Waals surface area contributed by atoms with Crippen molar-refractivity contribution in [1.29, 1.82) is 0 Å². The van der Waals surface area contributed by atoms with E-state index in [-0.39, 0.29) is 12.3 Å². The minimum Gasteiger partial charge on any atom is -0.384 e. The highest BCUT2D eigenvalue weighted by Crippen LogP contribution is 2.28. The largest absolute Gasteiger partial charge is 0.522 e. The molecule has 4 nitrogen and oxygen atoms in total. The second kappa shape index (κ2) is 7.00. The summed E-state index contributed by atoms with van der Waals surface area (Å²) >= 11 is 0. The van der Waals surface area contributed by atoms with Crippen molar-refractivity contribution in [2.75, 3.05) is 13.1 Å². The van der Waals surface area contributed by atoms with Crippen molar-refractivity contribution in [1.82, 2.24) is 4.90 Å². The third kappa shape index (κ3) is 4.71. The van der Waals surface area contributed by atoms with Crippen molar-refractivity contribution in [2.45, 2.75) is 64.1 Å². The fourth-order valence-corrected chi connectivity index (χ4v) is 3.30. The summed E-state index contributed by atoms with van der Waals surface area (Å²) in [6.07, 6.45) is -0.428. The Bertz CT molecular complexity index is 448. The maximum Gasteiger partial charge on any atom is 0.522 e. The SMILES string of the molecule is CC[C@@H]1CCCN1CC1=CC(N)=N[C@@H](C)C(OC(F)(F)F)C1. The van der Waals surface area contributed by atoms with E-state index in [4.69, 9.17) is 5.73 Å². The molecule has 7 heteroatoms. The lowest BCUT2D eigenvalue weighted by Gasteiger charge is -2.27. The second-order valence-corrected chi connectivity index (χ2v) is 6.08. The number of likely N-dealkylation sites (tertiary alicyclic amines) is 1. The van der Waals surface area contributed by atoms with E-state index in [0.29, 0.717) is 12.6 Å². The standard InChI is InChI=1S/C15H24F3N3O/c1-3-12-5-4-6-21(12)9-11-7-13(22-15(16,17)18)10(2)20-14(19)8-11/h8,10,12-13H,3-7,9H2,1-2H3,(H2,19,20)/t10-,12+,13?/m0/s1. The summed E-state index contributed by atoms with van der Waals surface area (Å²) in [5.74, 6) is 0.281. The molecule has 0 radical (unpaired) electrons. The van der Waals surface area contributed by atoms with Crippen LogP contribution < -0.4 is 5.73 Å². The van der Waals surface area contributed by atoms with Gasteiger partial charge in [0, 0.05) is 12.6 Å². The van der Waals surface area contributed by atoms with Crippen LogP contribution in [0.15, 0.2) is 16.6 Å². The van der Waals surface area contributed by atoms with Crippen molar-refractivity contribution in [2.24, 2.45) is 10.7 Å². The van der Waals surface area contributed by atoms with Gasteiger partial charge in [-0.1, -0.05) is 6.92 Å². The summed E-state index contributed by atoms with van der Waals surface area (Å²) < 4.78 is 41.9. The molecule has 0 aromatic heterocycles. The molecular weight excluding hydrogens is 295 g/mol. The summed E-state index contributed by atoms with van der Waals surface area (Å²) in [7, 11) is 0. The molecule has 0 aliphatic carbocycles. The van der Waals surface area contributed by atoms with Crippen LogP contribution >= 0.6 is 0 Å². The molecule has 2 N–H and O–H groups in total. The monoisotopic (exact) mass is 319 g/mol. The number of halogens is 3. The smallest absolute Gasteiger partial charge is 0.384 e. The van der Waals surface area contributed by atoms with E-state index >= 15 is 0 Å². The number of rotatable bonds is 4. The van der Waals surface area contributed by atoms with Crippen molar-refractivity contribution in [3.63, 3.8) is 0 Å². The molecule has 0 saturated carbocycles. The number of nitrogens with zero attached hydrogens (tertiary/aromatic N) is 2. The highest BCUT2D eigenvalue weighted by atomic mass is 19.4. The van der Waals surface area contributed by atoms with Gasteiger partial charge in [0.25, 0.3) is 0 Å². The highest BCUT2D eigenvalue weighted by Gasteiger charge is 2.37. The van der Waals surface area contributed by atoms with E-state index in [1.165, 1.54) is 0 Å². The second-order valence-electron chi connectivity index (χ2n) is 6.08. The van der Waals surface area contributed by atoms with Crippen LogP contribution in [0.5, 0.6) is 0 Å². The van der Waals surface area contributed by atoms with E-state index in [0.717, 1.165) is 31.4 Å². The predicted octanol–water partition coefficient (Wildman–Crippen LogP) is 2.84. The molecule has 1 fully saturated rings. The Morgan fingerprint density at radius 1 is 1.45 bits per heavy atom. The Morgan fingerprint density at radius 3 is 2.82 bits per heavy atom. The minimum absolute atomic E-state index is 0.206. The lowest BCUT2D eigenvalue weighted by molar-refractivity contribution is -0.344. The molecule has 126 valence electrons. The van der Waals surface area contributed by atoms with E-state index in [1.807, 2.05) is 0 Å². The molecule has 3 atom stereocenters. The third-order valence-corrected chi connectivity index (χ3v) is 4.37. The van der Waals surface area contributed by atoms with Gasteiger partial charge in [0.1, 0.15) is 5.84 Å². The van der Waals surface area contributed by atoms with E-state index < -0.39 is 18.5 Å². The number of aliphatic imine (C=N–C) groups is 1. The van der Waals surface area contributed by atoms with Gasteiger partial charge >= 0.3 is 6.36 Å². The van der Waals surface area contributed by atoms with Gasteiger partial charge in [0.2, 0.25) is 0 Å². The van der Waals surface area contributed by atoms with E-state index in [1.54, 1.807) is 13.0 Å². The summed E-state index contributed by atoms with van der Waals surface area (Å²) in [6.45, 7) is 5.36. The maximum absolute atomic E-state index is 12.6.